The fourth-order valence-corrected chi connectivity index (χ4v) is 2.72. The molecule has 0 amide bonds. The summed E-state index contributed by atoms with van der Waals surface area (Å²) in [6.45, 7) is 6.64. The molecule has 0 radical (unpaired) electrons. The van der Waals surface area contributed by atoms with Gasteiger partial charge in [0.1, 0.15) is 5.75 Å². The smallest absolute Gasteiger partial charge is 0.119 e. The lowest BCUT2D eigenvalue weighted by atomic mass is 9.93. The quantitative estimate of drug-likeness (QED) is 0.847. The van der Waals surface area contributed by atoms with Crippen LogP contribution in [0.4, 0.5) is 0 Å². The van der Waals surface area contributed by atoms with Gasteiger partial charge in [0.2, 0.25) is 0 Å². The maximum absolute atomic E-state index is 9.43. The number of methoxy groups -OCH3 is 1. The minimum atomic E-state index is -0.112. The largest absolute Gasteiger partial charge is 0.497 e. The highest BCUT2D eigenvalue weighted by Crippen LogP contribution is 2.37. The van der Waals surface area contributed by atoms with Crippen molar-refractivity contribution in [2.75, 3.05) is 26.8 Å². The van der Waals surface area contributed by atoms with E-state index in [-0.39, 0.29) is 18.1 Å². The molecule has 4 nitrogen and oxygen atoms in total. The highest BCUT2D eigenvalue weighted by atomic mass is 16.5. The summed E-state index contributed by atoms with van der Waals surface area (Å²) in [5.41, 5.74) is 8.40. The van der Waals surface area contributed by atoms with Gasteiger partial charge in [0.25, 0.3) is 0 Å². The molecule has 0 saturated carbocycles. The molecule has 0 saturated heterocycles. The van der Waals surface area contributed by atoms with E-state index in [4.69, 9.17) is 10.5 Å². The Morgan fingerprint density at radius 3 is 2.79 bits per heavy atom. The topological polar surface area (TPSA) is 58.7 Å². The van der Waals surface area contributed by atoms with Crippen LogP contribution in [0.5, 0.6) is 5.75 Å². The maximum atomic E-state index is 9.43. The number of hydrogen-bond donors (Lipinski definition) is 2. The standard InChI is InChI=1S/C15H24N2O2/c1-15(2,10-18)9-17-8-11-4-5-12(19-3)6-13(11)14(17)7-16/h4-6,14,18H,7-10,16H2,1-3H3. The van der Waals surface area contributed by atoms with Crippen LogP contribution in [0.25, 0.3) is 0 Å². The van der Waals surface area contributed by atoms with E-state index in [9.17, 15) is 5.11 Å². The first-order chi connectivity index (χ1) is 9.00. The molecular formula is C15H24N2O2. The first kappa shape index (κ1) is 14.3. The molecule has 19 heavy (non-hydrogen) atoms. The van der Waals surface area contributed by atoms with Gasteiger partial charge in [-0.2, -0.15) is 0 Å². The zero-order valence-corrected chi connectivity index (χ0v) is 12.0. The number of hydrogen-bond acceptors (Lipinski definition) is 4. The number of aliphatic hydroxyl groups excluding tert-OH is 1. The zero-order valence-electron chi connectivity index (χ0n) is 12.0. The Kier molecular flexibility index (Phi) is 4.13. The van der Waals surface area contributed by atoms with E-state index < -0.39 is 0 Å². The number of ether oxygens (including phenoxy) is 1. The highest BCUT2D eigenvalue weighted by molar-refractivity contribution is 5.40. The van der Waals surface area contributed by atoms with Gasteiger partial charge < -0.3 is 15.6 Å². The van der Waals surface area contributed by atoms with Gasteiger partial charge in [-0.15, -0.1) is 0 Å². The number of nitrogens with two attached hydrogens (primary N) is 1. The van der Waals surface area contributed by atoms with Crippen molar-refractivity contribution in [1.82, 2.24) is 4.90 Å². The Hall–Kier alpha value is -1.10. The molecular weight excluding hydrogens is 240 g/mol. The first-order valence-corrected chi connectivity index (χ1v) is 6.72. The van der Waals surface area contributed by atoms with E-state index in [1.165, 1.54) is 11.1 Å². The van der Waals surface area contributed by atoms with Crippen LogP contribution in [0.15, 0.2) is 18.2 Å². The van der Waals surface area contributed by atoms with Gasteiger partial charge in [0, 0.05) is 37.7 Å². The molecule has 1 aromatic carbocycles. The number of nitrogens with zero attached hydrogens (tertiary/aromatic N) is 1. The summed E-state index contributed by atoms with van der Waals surface area (Å²) in [7, 11) is 1.68. The third-order valence-electron chi connectivity index (χ3n) is 3.81. The molecule has 0 bridgehead atoms. The lowest BCUT2D eigenvalue weighted by Gasteiger charge is -2.32. The van der Waals surface area contributed by atoms with Crippen LogP contribution in [0.2, 0.25) is 0 Å². The molecule has 3 N–H and O–H groups in total. The van der Waals surface area contributed by atoms with Crippen LogP contribution in [0.3, 0.4) is 0 Å². The normalized spacial score (nSPS) is 19.5. The van der Waals surface area contributed by atoms with Gasteiger partial charge in [0.15, 0.2) is 0 Å². The summed E-state index contributed by atoms with van der Waals surface area (Å²) in [6.07, 6.45) is 0. The van der Waals surface area contributed by atoms with Crippen molar-refractivity contribution in [1.29, 1.82) is 0 Å². The van der Waals surface area contributed by atoms with Crippen LogP contribution >= 0.6 is 0 Å². The zero-order chi connectivity index (χ0) is 14.0. The van der Waals surface area contributed by atoms with Gasteiger partial charge in [-0.05, 0) is 23.3 Å². The van der Waals surface area contributed by atoms with E-state index in [2.05, 4.69) is 30.9 Å². The molecule has 1 heterocycles. The molecule has 1 aliphatic rings. The predicted octanol–water partition coefficient (Wildman–Crippen LogP) is 1.53. The molecule has 4 heteroatoms. The monoisotopic (exact) mass is 264 g/mol. The molecule has 2 rings (SSSR count). The van der Waals surface area contributed by atoms with E-state index in [0.29, 0.717) is 6.54 Å². The number of rotatable bonds is 5. The Balaban J connectivity index is 2.23. The van der Waals surface area contributed by atoms with Crippen LogP contribution in [-0.2, 0) is 6.54 Å². The van der Waals surface area contributed by atoms with Gasteiger partial charge in [-0.1, -0.05) is 19.9 Å². The SMILES string of the molecule is COc1ccc2c(c1)C(CN)N(CC(C)(C)CO)C2. The summed E-state index contributed by atoms with van der Waals surface area (Å²) in [4.78, 5) is 2.35. The minimum absolute atomic E-state index is 0.112. The van der Waals surface area contributed by atoms with Crippen LogP contribution in [0.1, 0.15) is 31.0 Å². The molecule has 1 aliphatic heterocycles. The summed E-state index contributed by atoms with van der Waals surface area (Å²) in [5.74, 6) is 0.875. The third kappa shape index (κ3) is 2.91. The number of benzene rings is 1. The van der Waals surface area contributed by atoms with E-state index in [1.807, 2.05) is 6.07 Å². The molecule has 106 valence electrons. The van der Waals surface area contributed by atoms with Gasteiger partial charge in [-0.3, -0.25) is 4.90 Å². The highest BCUT2D eigenvalue weighted by Gasteiger charge is 2.33. The number of aliphatic hydroxyl groups is 1. The maximum Gasteiger partial charge on any atom is 0.119 e. The van der Waals surface area contributed by atoms with Crippen molar-refractivity contribution in [2.24, 2.45) is 11.1 Å². The molecule has 1 atom stereocenters. The van der Waals surface area contributed by atoms with E-state index in [1.54, 1.807) is 7.11 Å². The lowest BCUT2D eigenvalue weighted by Crippen LogP contribution is -2.37. The van der Waals surface area contributed by atoms with Crippen molar-refractivity contribution >= 4 is 0 Å². The molecule has 0 fully saturated rings. The Morgan fingerprint density at radius 1 is 1.47 bits per heavy atom. The van der Waals surface area contributed by atoms with Crippen molar-refractivity contribution < 1.29 is 9.84 Å². The van der Waals surface area contributed by atoms with Gasteiger partial charge in [0.05, 0.1) is 7.11 Å². The summed E-state index contributed by atoms with van der Waals surface area (Å²) < 4.78 is 5.29. The van der Waals surface area contributed by atoms with Crippen LogP contribution in [-0.4, -0.2) is 36.8 Å². The molecule has 0 aliphatic carbocycles. The predicted molar refractivity (Wildman–Crippen MR) is 76.1 cm³/mol. The van der Waals surface area contributed by atoms with Crippen molar-refractivity contribution in [2.45, 2.75) is 26.4 Å². The summed E-state index contributed by atoms with van der Waals surface area (Å²) >= 11 is 0. The molecule has 1 aromatic rings. The summed E-state index contributed by atoms with van der Waals surface area (Å²) in [5, 5.41) is 9.43. The Bertz CT molecular complexity index is 446. The second-order valence-electron chi connectivity index (χ2n) is 6.04. The van der Waals surface area contributed by atoms with Crippen LogP contribution in [0, 0.1) is 5.41 Å². The summed E-state index contributed by atoms with van der Waals surface area (Å²) in [6, 6.07) is 6.41. The van der Waals surface area contributed by atoms with Crippen molar-refractivity contribution in [3.05, 3.63) is 29.3 Å². The Morgan fingerprint density at radius 2 is 2.21 bits per heavy atom. The van der Waals surface area contributed by atoms with E-state index >= 15 is 0 Å². The molecule has 0 spiro atoms. The van der Waals surface area contributed by atoms with E-state index in [0.717, 1.165) is 18.8 Å². The molecule has 1 unspecified atom stereocenters. The third-order valence-corrected chi connectivity index (χ3v) is 3.81. The van der Waals surface area contributed by atoms with Gasteiger partial charge in [-0.25, -0.2) is 0 Å². The minimum Gasteiger partial charge on any atom is -0.497 e. The number of fused-ring (bicyclic) bond motifs is 1. The average Bonchev–Trinajstić information content (AvgIpc) is 2.73. The fraction of sp³-hybridized carbons (Fsp3) is 0.600. The average molecular weight is 264 g/mol. The van der Waals surface area contributed by atoms with Crippen molar-refractivity contribution in [3.8, 4) is 5.75 Å². The second-order valence-corrected chi connectivity index (χ2v) is 6.04. The first-order valence-electron chi connectivity index (χ1n) is 6.72. The van der Waals surface area contributed by atoms with Crippen LogP contribution < -0.4 is 10.5 Å². The Labute approximate surface area is 115 Å². The second kappa shape index (κ2) is 5.49. The fourth-order valence-electron chi connectivity index (χ4n) is 2.72. The van der Waals surface area contributed by atoms with Gasteiger partial charge >= 0.3 is 0 Å². The lowest BCUT2D eigenvalue weighted by molar-refractivity contribution is 0.0845. The van der Waals surface area contributed by atoms with Crippen molar-refractivity contribution in [3.63, 3.8) is 0 Å². The molecule has 0 aromatic heterocycles.